The SMILES string of the molecule is CC(C)Oc1cncc(C(C)(O)CN)c1. The number of aliphatic hydroxyl groups is 1. The van der Waals surface area contributed by atoms with Crippen LogP contribution in [0.2, 0.25) is 0 Å². The number of aromatic nitrogens is 1. The van der Waals surface area contributed by atoms with Crippen molar-refractivity contribution >= 4 is 0 Å². The molecule has 4 heteroatoms. The van der Waals surface area contributed by atoms with Gasteiger partial charge in [-0.05, 0) is 26.8 Å². The third-order valence-corrected chi connectivity index (χ3v) is 2.10. The van der Waals surface area contributed by atoms with Crippen LogP contribution in [0.4, 0.5) is 0 Å². The topological polar surface area (TPSA) is 68.4 Å². The summed E-state index contributed by atoms with van der Waals surface area (Å²) in [4.78, 5) is 4.01. The van der Waals surface area contributed by atoms with Crippen molar-refractivity contribution in [2.45, 2.75) is 32.5 Å². The van der Waals surface area contributed by atoms with E-state index in [4.69, 9.17) is 10.5 Å². The molecular weight excluding hydrogens is 192 g/mol. The summed E-state index contributed by atoms with van der Waals surface area (Å²) in [7, 11) is 0. The van der Waals surface area contributed by atoms with Crippen molar-refractivity contribution in [1.29, 1.82) is 0 Å². The van der Waals surface area contributed by atoms with Gasteiger partial charge in [0.05, 0.1) is 12.3 Å². The van der Waals surface area contributed by atoms with Gasteiger partial charge in [-0.25, -0.2) is 0 Å². The molecule has 0 aromatic carbocycles. The Morgan fingerprint density at radius 2 is 2.20 bits per heavy atom. The third kappa shape index (κ3) is 3.18. The van der Waals surface area contributed by atoms with E-state index in [1.807, 2.05) is 13.8 Å². The van der Waals surface area contributed by atoms with Crippen LogP contribution in [0, 0.1) is 0 Å². The van der Waals surface area contributed by atoms with Gasteiger partial charge in [0.25, 0.3) is 0 Å². The van der Waals surface area contributed by atoms with Crippen molar-refractivity contribution in [3.8, 4) is 5.75 Å². The normalized spacial score (nSPS) is 15.1. The number of nitrogens with zero attached hydrogens (tertiary/aromatic N) is 1. The minimum Gasteiger partial charge on any atom is -0.489 e. The number of pyridine rings is 1. The lowest BCUT2D eigenvalue weighted by Crippen LogP contribution is -2.31. The number of nitrogens with two attached hydrogens (primary N) is 1. The Labute approximate surface area is 90.1 Å². The number of hydrogen-bond donors (Lipinski definition) is 2. The summed E-state index contributed by atoms with van der Waals surface area (Å²) in [5.74, 6) is 0.649. The van der Waals surface area contributed by atoms with Gasteiger partial charge in [-0.2, -0.15) is 0 Å². The molecule has 0 radical (unpaired) electrons. The van der Waals surface area contributed by atoms with Crippen LogP contribution in [-0.4, -0.2) is 22.7 Å². The van der Waals surface area contributed by atoms with E-state index in [0.717, 1.165) is 0 Å². The maximum absolute atomic E-state index is 9.93. The second-order valence-corrected chi connectivity index (χ2v) is 4.05. The molecule has 0 aliphatic carbocycles. The molecule has 0 spiro atoms. The minimum atomic E-state index is -1.05. The summed E-state index contributed by atoms with van der Waals surface area (Å²) in [5, 5.41) is 9.93. The van der Waals surface area contributed by atoms with Gasteiger partial charge in [0.1, 0.15) is 11.4 Å². The predicted molar refractivity (Wildman–Crippen MR) is 58.6 cm³/mol. The molecule has 1 unspecified atom stereocenters. The van der Waals surface area contributed by atoms with Crippen molar-refractivity contribution in [1.82, 2.24) is 4.98 Å². The Morgan fingerprint density at radius 3 is 2.73 bits per heavy atom. The molecule has 84 valence electrons. The van der Waals surface area contributed by atoms with Gasteiger partial charge in [0.15, 0.2) is 0 Å². The van der Waals surface area contributed by atoms with E-state index in [0.29, 0.717) is 11.3 Å². The Balaban J connectivity index is 2.92. The average molecular weight is 210 g/mol. The Morgan fingerprint density at radius 1 is 1.53 bits per heavy atom. The van der Waals surface area contributed by atoms with E-state index in [1.165, 1.54) is 0 Å². The fraction of sp³-hybridized carbons (Fsp3) is 0.545. The summed E-state index contributed by atoms with van der Waals surface area (Å²) in [6, 6.07) is 1.76. The molecule has 1 atom stereocenters. The van der Waals surface area contributed by atoms with Crippen molar-refractivity contribution in [2.24, 2.45) is 5.73 Å². The third-order valence-electron chi connectivity index (χ3n) is 2.10. The molecule has 4 nitrogen and oxygen atoms in total. The molecule has 1 aromatic heterocycles. The standard InChI is InChI=1S/C11H18N2O2/c1-8(2)15-10-4-9(5-13-6-10)11(3,14)7-12/h4-6,8,14H,7,12H2,1-3H3. The van der Waals surface area contributed by atoms with Crippen molar-refractivity contribution in [3.63, 3.8) is 0 Å². The molecule has 3 N–H and O–H groups in total. The predicted octanol–water partition coefficient (Wildman–Crippen LogP) is 1.03. The van der Waals surface area contributed by atoms with Gasteiger partial charge in [-0.3, -0.25) is 4.98 Å². The summed E-state index contributed by atoms with van der Waals surface area (Å²) >= 11 is 0. The molecule has 1 heterocycles. The first kappa shape index (κ1) is 11.9. The van der Waals surface area contributed by atoms with Gasteiger partial charge in [-0.1, -0.05) is 0 Å². The van der Waals surface area contributed by atoms with Gasteiger partial charge < -0.3 is 15.6 Å². The molecule has 0 bridgehead atoms. The largest absolute Gasteiger partial charge is 0.489 e. The maximum Gasteiger partial charge on any atom is 0.138 e. The fourth-order valence-corrected chi connectivity index (χ4v) is 1.17. The van der Waals surface area contributed by atoms with Crippen LogP contribution < -0.4 is 10.5 Å². The van der Waals surface area contributed by atoms with E-state index < -0.39 is 5.60 Å². The summed E-state index contributed by atoms with van der Waals surface area (Å²) in [6.07, 6.45) is 3.31. The smallest absolute Gasteiger partial charge is 0.138 e. The van der Waals surface area contributed by atoms with E-state index in [1.54, 1.807) is 25.4 Å². The zero-order valence-corrected chi connectivity index (χ0v) is 9.40. The van der Waals surface area contributed by atoms with Crippen LogP contribution in [0.1, 0.15) is 26.3 Å². The zero-order chi connectivity index (χ0) is 11.5. The zero-order valence-electron chi connectivity index (χ0n) is 9.40. The van der Waals surface area contributed by atoms with Crippen LogP contribution in [0.15, 0.2) is 18.5 Å². The lowest BCUT2D eigenvalue weighted by molar-refractivity contribution is 0.0660. The van der Waals surface area contributed by atoms with E-state index in [-0.39, 0.29) is 12.6 Å². The Kier molecular flexibility index (Phi) is 3.66. The van der Waals surface area contributed by atoms with Gasteiger partial charge in [0, 0.05) is 18.3 Å². The van der Waals surface area contributed by atoms with Crippen LogP contribution in [-0.2, 0) is 5.60 Å². The van der Waals surface area contributed by atoms with Gasteiger partial charge in [-0.15, -0.1) is 0 Å². The molecular formula is C11H18N2O2. The molecule has 15 heavy (non-hydrogen) atoms. The Hall–Kier alpha value is -1.13. The summed E-state index contributed by atoms with van der Waals surface area (Å²) in [5.41, 5.74) is 5.09. The van der Waals surface area contributed by atoms with Gasteiger partial charge >= 0.3 is 0 Å². The molecule has 0 aliphatic heterocycles. The highest BCUT2D eigenvalue weighted by Gasteiger charge is 2.21. The van der Waals surface area contributed by atoms with Crippen LogP contribution in [0.25, 0.3) is 0 Å². The number of ether oxygens (including phenoxy) is 1. The highest BCUT2D eigenvalue weighted by molar-refractivity contribution is 5.28. The molecule has 0 amide bonds. The van der Waals surface area contributed by atoms with E-state index in [2.05, 4.69) is 4.98 Å². The lowest BCUT2D eigenvalue weighted by Gasteiger charge is -2.21. The first-order chi connectivity index (χ1) is 6.95. The second kappa shape index (κ2) is 4.59. The lowest BCUT2D eigenvalue weighted by atomic mass is 9.98. The fourth-order valence-electron chi connectivity index (χ4n) is 1.17. The first-order valence-corrected chi connectivity index (χ1v) is 5.00. The number of hydrogen-bond acceptors (Lipinski definition) is 4. The van der Waals surface area contributed by atoms with Crippen molar-refractivity contribution < 1.29 is 9.84 Å². The highest BCUT2D eigenvalue weighted by Crippen LogP contribution is 2.22. The molecule has 0 saturated heterocycles. The van der Waals surface area contributed by atoms with Crippen molar-refractivity contribution in [3.05, 3.63) is 24.0 Å². The first-order valence-electron chi connectivity index (χ1n) is 5.00. The quantitative estimate of drug-likeness (QED) is 0.779. The molecule has 0 saturated carbocycles. The second-order valence-electron chi connectivity index (χ2n) is 4.05. The Bertz CT molecular complexity index is 324. The van der Waals surface area contributed by atoms with Crippen LogP contribution in [0.3, 0.4) is 0 Å². The molecule has 0 aliphatic rings. The molecule has 0 fully saturated rings. The summed E-state index contributed by atoms with van der Waals surface area (Å²) < 4.78 is 5.48. The monoisotopic (exact) mass is 210 g/mol. The summed E-state index contributed by atoms with van der Waals surface area (Å²) in [6.45, 7) is 5.68. The highest BCUT2D eigenvalue weighted by atomic mass is 16.5. The van der Waals surface area contributed by atoms with Crippen LogP contribution >= 0.6 is 0 Å². The van der Waals surface area contributed by atoms with E-state index in [9.17, 15) is 5.11 Å². The minimum absolute atomic E-state index is 0.0878. The maximum atomic E-state index is 9.93. The van der Waals surface area contributed by atoms with Crippen LogP contribution in [0.5, 0.6) is 5.75 Å². The average Bonchev–Trinajstić information content (AvgIpc) is 2.17. The molecule has 1 rings (SSSR count). The molecule has 1 aromatic rings. The van der Waals surface area contributed by atoms with Gasteiger partial charge in [0.2, 0.25) is 0 Å². The van der Waals surface area contributed by atoms with Crippen molar-refractivity contribution in [2.75, 3.05) is 6.54 Å². The van der Waals surface area contributed by atoms with E-state index >= 15 is 0 Å². The number of rotatable bonds is 4.